The maximum absolute atomic E-state index is 13.8. The van der Waals surface area contributed by atoms with Crippen LogP contribution in [-0.4, -0.2) is 34.5 Å². The largest absolute Gasteiger partial charge is 0.460 e. The third kappa shape index (κ3) is 4.89. The van der Waals surface area contributed by atoms with Crippen LogP contribution in [0.3, 0.4) is 0 Å². The Kier molecular flexibility index (Phi) is 6.20. The number of carbonyl (C=O) groups is 1. The molecule has 5 nitrogen and oxygen atoms in total. The van der Waals surface area contributed by atoms with Gasteiger partial charge in [0, 0.05) is 50.4 Å². The van der Waals surface area contributed by atoms with Crippen molar-refractivity contribution in [2.45, 2.75) is 38.9 Å². The number of fused-ring (bicyclic) bond motifs is 1. The van der Waals surface area contributed by atoms with Crippen molar-refractivity contribution in [1.29, 1.82) is 0 Å². The summed E-state index contributed by atoms with van der Waals surface area (Å²) < 4.78 is 35.0. The molecule has 2 aromatic carbocycles. The summed E-state index contributed by atoms with van der Waals surface area (Å²) in [4.78, 5) is 15.6. The fraction of sp³-hybridized carbons (Fsp3) is 0.296. The molecular formula is C27H27F2N3O2. The fourth-order valence-electron chi connectivity index (χ4n) is 4.74. The van der Waals surface area contributed by atoms with Gasteiger partial charge in [-0.2, -0.15) is 0 Å². The van der Waals surface area contributed by atoms with Crippen LogP contribution in [0.25, 0.3) is 11.1 Å². The quantitative estimate of drug-likeness (QED) is 0.424. The van der Waals surface area contributed by atoms with Gasteiger partial charge in [-0.3, -0.25) is 9.69 Å². The standard InChI is InChI=1S/C27H27F2N3O2/c1-18-11-24-26(34-18)15-25(32(24)17-20-12-21(28)14-22(29)13-20)27(33)30-23-7-9-31(10-8-23)16-19-5-3-2-4-6-19/h2-6,11-15,23H,7-10,16-17H2,1H3,(H,30,33). The smallest absolute Gasteiger partial charge is 0.268 e. The number of amides is 1. The average molecular weight is 464 g/mol. The number of aromatic nitrogens is 1. The van der Waals surface area contributed by atoms with E-state index in [1.165, 1.54) is 17.7 Å². The number of likely N-dealkylation sites (tertiary alicyclic amines) is 1. The third-order valence-corrected chi connectivity index (χ3v) is 6.38. The summed E-state index contributed by atoms with van der Waals surface area (Å²) in [5.74, 6) is -0.783. The molecule has 0 atom stereocenters. The predicted molar refractivity (Wildman–Crippen MR) is 127 cm³/mol. The number of hydrogen-bond acceptors (Lipinski definition) is 3. The lowest BCUT2D eigenvalue weighted by Crippen LogP contribution is -2.44. The molecule has 1 aliphatic rings. The predicted octanol–water partition coefficient (Wildman–Crippen LogP) is 5.26. The normalized spacial score (nSPS) is 15.1. The van der Waals surface area contributed by atoms with Crippen molar-refractivity contribution >= 4 is 17.0 Å². The van der Waals surface area contributed by atoms with Gasteiger partial charge in [0.15, 0.2) is 5.58 Å². The Balaban J connectivity index is 1.29. The van der Waals surface area contributed by atoms with Crippen molar-refractivity contribution in [2.75, 3.05) is 13.1 Å². The van der Waals surface area contributed by atoms with E-state index >= 15 is 0 Å². The summed E-state index contributed by atoms with van der Waals surface area (Å²) in [6.45, 7) is 4.71. The maximum atomic E-state index is 13.8. The minimum absolute atomic E-state index is 0.0718. The Morgan fingerprint density at radius 2 is 1.68 bits per heavy atom. The van der Waals surface area contributed by atoms with E-state index in [2.05, 4.69) is 22.3 Å². The van der Waals surface area contributed by atoms with E-state index < -0.39 is 11.6 Å². The molecule has 2 aromatic heterocycles. The van der Waals surface area contributed by atoms with E-state index in [1.807, 2.05) is 31.2 Å². The number of nitrogens with zero attached hydrogens (tertiary/aromatic N) is 2. The zero-order valence-corrected chi connectivity index (χ0v) is 19.1. The van der Waals surface area contributed by atoms with Crippen LogP contribution in [0.15, 0.2) is 65.1 Å². The molecule has 0 spiro atoms. The molecule has 1 amide bonds. The first-order valence-corrected chi connectivity index (χ1v) is 11.6. The van der Waals surface area contributed by atoms with Crippen molar-refractivity contribution in [1.82, 2.24) is 14.8 Å². The minimum Gasteiger partial charge on any atom is -0.460 e. The van der Waals surface area contributed by atoms with E-state index in [0.29, 0.717) is 22.6 Å². The zero-order valence-electron chi connectivity index (χ0n) is 19.1. The molecule has 3 heterocycles. The maximum Gasteiger partial charge on any atom is 0.268 e. The molecule has 0 radical (unpaired) electrons. The monoisotopic (exact) mass is 463 g/mol. The number of hydrogen-bond donors (Lipinski definition) is 1. The number of rotatable bonds is 6. The summed E-state index contributed by atoms with van der Waals surface area (Å²) in [5.41, 5.74) is 3.46. The molecule has 4 aromatic rings. The van der Waals surface area contributed by atoms with Crippen LogP contribution in [0.2, 0.25) is 0 Å². The molecule has 1 fully saturated rings. The van der Waals surface area contributed by atoms with Gasteiger partial charge in [0.2, 0.25) is 0 Å². The molecular weight excluding hydrogens is 436 g/mol. The highest BCUT2D eigenvalue weighted by Crippen LogP contribution is 2.26. The Hall–Kier alpha value is -3.45. The highest BCUT2D eigenvalue weighted by atomic mass is 19.1. The van der Waals surface area contributed by atoms with E-state index in [-0.39, 0.29) is 18.5 Å². The van der Waals surface area contributed by atoms with Crippen LogP contribution in [-0.2, 0) is 13.1 Å². The number of piperidine rings is 1. The van der Waals surface area contributed by atoms with E-state index in [9.17, 15) is 13.6 Å². The molecule has 0 bridgehead atoms. The number of furan rings is 1. The molecule has 1 aliphatic heterocycles. The van der Waals surface area contributed by atoms with Gasteiger partial charge in [-0.25, -0.2) is 8.78 Å². The number of nitrogens with one attached hydrogen (secondary N) is 1. The van der Waals surface area contributed by atoms with Crippen molar-refractivity contribution in [3.05, 3.63) is 94.9 Å². The Morgan fingerprint density at radius 1 is 0.971 bits per heavy atom. The SMILES string of the molecule is Cc1cc2c(cc(C(=O)NC3CCN(Cc4ccccc4)CC3)n2Cc2cc(F)cc(F)c2)o1. The molecule has 5 rings (SSSR count). The van der Waals surface area contributed by atoms with Gasteiger partial charge in [0.05, 0.1) is 5.52 Å². The molecule has 34 heavy (non-hydrogen) atoms. The Labute approximate surface area is 197 Å². The average Bonchev–Trinajstić information content (AvgIpc) is 3.32. The summed E-state index contributed by atoms with van der Waals surface area (Å²) in [6.07, 6.45) is 1.73. The summed E-state index contributed by atoms with van der Waals surface area (Å²) in [6, 6.07) is 17.4. The van der Waals surface area contributed by atoms with E-state index in [4.69, 9.17) is 4.42 Å². The number of carbonyl (C=O) groups excluding carboxylic acids is 1. The first-order valence-electron chi connectivity index (χ1n) is 11.6. The van der Waals surface area contributed by atoms with Crippen LogP contribution in [0.4, 0.5) is 8.78 Å². The van der Waals surface area contributed by atoms with Gasteiger partial charge < -0.3 is 14.3 Å². The summed E-state index contributed by atoms with van der Waals surface area (Å²) >= 11 is 0. The molecule has 1 N–H and O–H groups in total. The second-order valence-corrected chi connectivity index (χ2v) is 9.01. The van der Waals surface area contributed by atoms with Crippen molar-refractivity contribution in [2.24, 2.45) is 0 Å². The van der Waals surface area contributed by atoms with Crippen LogP contribution < -0.4 is 5.32 Å². The lowest BCUT2D eigenvalue weighted by molar-refractivity contribution is 0.0900. The molecule has 7 heteroatoms. The molecule has 0 aliphatic carbocycles. The van der Waals surface area contributed by atoms with E-state index in [1.54, 1.807) is 10.6 Å². The fourth-order valence-corrected chi connectivity index (χ4v) is 4.74. The molecule has 0 unspecified atom stereocenters. The summed E-state index contributed by atoms with van der Waals surface area (Å²) in [5, 5.41) is 3.16. The Morgan fingerprint density at radius 3 is 2.38 bits per heavy atom. The lowest BCUT2D eigenvalue weighted by atomic mass is 10.0. The topological polar surface area (TPSA) is 50.4 Å². The van der Waals surface area contributed by atoms with Crippen LogP contribution >= 0.6 is 0 Å². The van der Waals surface area contributed by atoms with Gasteiger partial charge in [0.25, 0.3) is 5.91 Å². The van der Waals surface area contributed by atoms with Crippen molar-refractivity contribution < 1.29 is 18.0 Å². The summed E-state index contributed by atoms with van der Waals surface area (Å²) in [7, 11) is 0. The van der Waals surface area contributed by atoms with Gasteiger partial charge in [0.1, 0.15) is 23.1 Å². The minimum atomic E-state index is -0.643. The van der Waals surface area contributed by atoms with E-state index in [0.717, 1.165) is 44.1 Å². The molecule has 0 saturated carbocycles. The number of halogens is 2. The Bertz CT molecular complexity index is 1280. The first kappa shape index (κ1) is 22.3. The van der Waals surface area contributed by atoms with Crippen LogP contribution in [0.1, 0.15) is 40.2 Å². The van der Waals surface area contributed by atoms with Gasteiger partial charge in [-0.1, -0.05) is 30.3 Å². The van der Waals surface area contributed by atoms with Crippen LogP contribution in [0, 0.1) is 18.6 Å². The van der Waals surface area contributed by atoms with Crippen molar-refractivity contribution in [3.8, 4) is 0 Å². The van der Waals surface area contributed by atoms with Gasteiger partial charge in [-0.05, 0) is 43.0 Å². The number of aryl methyl sites for hydroxylation is 1. The highest BCUT2D eigenvalue weighted by molar-refractivity contribution is 5.97. The first-order chi connectivity index (χ1) is 16.4. The lowest BCUT2D eigenvalue weighted by Gasteiger charge is -2.32. The van der Waals surface area contributed by atoms with Gasteiger partial charge in [-0.15, -0.1) is 0 Å². The second-order valence-electron chi connectivity index (χ2n) is 9.01. The third-order valence-electron chi connectivity index (χ3n) is 6.38. The zero-order chi connectivity index (χ0) is 23.7. The second kappa shape index (κ2) is 9.43. The van der Waals surface area contributed by atoms with Crippen LogP contribution in [0.5, 0.6) is 0 Å². The van der Waals surface area contributed by atoms with Crippen molar-refractivity contribution in [3.63, 3.8) is 0 Å². The molecule has 176 valence electrons. The number of benzene rings is 2. The van der Waals surface area contributed by atoms with Gasteiger partial charge >= 0.3 is 0 Å². The highest BCUT2D eigenvalue weighted by Gasteiger charge is 2.24. The molecule has 1 saturated heterocycles.